The summed E-state index contributed by atoms with van der Waals surface area (Å²) in [5.41, 5.74) is -0.211. The molecule has 2 saturated heterocycles. The molecule has 9 N–H and O–H groups in total. The fourth-order valence-corrected chi connectivity index (χ4v) is 4.58. The Hall–Kier alpha value is -3.29. The van der Waals surface area contributed by atoms with E-state index in [2.05, 4.69) is 0 Å². The Morgan fingerprint density at radius 3 is 1.81 bits per heavy atom. The van der Waals surface area contributed by atoms with Crippen LogP contribution in [0, 0.1) is 0 Å². The molecule has 10 atom stereocenters. The lowest BCUT2D eigenvalue weighted by Crippen LogP contribution is -2.60. The number of phenolic OH excluding ortho intramolecular Hbond substituents is 1. The van der Waals surface area contributed by atoms with E-state index in [1.807, 2.05) is 0 Å². The second-order valence-corrected chi connectivity index (χ2v) is 9.81. The highest BCUT2D eigenvalue weighted by Crippen LogP contribution is 2.39. The molecule has 2 fully saturated rings. The molecule has 0 radical (unpaired) electrons. The number of para-hydroxylation sites is 1. The molecule has 0 spiro atoms. The summed E-state index contributed by atoms with van der Waals surface area (Å²) in [5.74, 6) is -2.13. The number of phenols is 1. The molecule has 16 heteroatoms. The lowest BCUT2D eigenvalue weighted by atomic mass is 9.99. The Labute approximate surface area is 244 Å². The lowest BCUT2D eigenvalue weighted by Gasteiger charge is -2.39. The third-order valence-electron chi connectivity index (χ3n) is 7.02. The van der Waals surface area contributed by atoms with Gasteiger partial charge in [-0.2, -0.15) is 0 Å². The third kappa shape index (κ3) is 6.78. The first-order valence-corrected chi connectivity index (χ1v) is 13.1. The number of aliphatic hydroxyl groups is 8. The molecule has 0 bridgehead atoms. The van der Waals surface area contributed by atoms with Crippen molar-refractivity contribution in [3.8, 4) is 23.0 Å². The zero-order valence-corrected chi connectivity index (χ0v) is 22.7. The van der Waals surface area contributed by atoms with Crippen LogP contribution in [0.25, 0.3) is 0 Å². The first-order chi connectivity index (χ1) is 20.5. The molecule has 0 unspecified atom stereocenters. The zero-order valence-electron chi connectivity index (χ0n) is 22.7. The van der Waals surface area contributed by atoms with E-state index in [0.717, 1.165) is 13.2 Å². The summed E-state index contributed by atoms with van der Waals surface area (Å²) in [4.78, 5) is 13.1. The molecule has 2 aromatic carbocycles. The van der Waals surface area contributed by atoms with Gasteiger partial charge in [0.2, 0.25) is 12.6 Å². The predicted molar refractivity (Wildman–Crippen MR) is 139 cm³/mol. The number of aromatic hydroxyl groups is 1. The van der Waals surface area contributed by atoms with Crippen molar-refractivity contribution in [3.05, 3.63) is 47.5 Å². The molecule has 43 heavy (non-hydrogen) atoms. The number of esters is 1. The quantitative estimate of drug-likeness (QED) is 0.122. The molecule has 4 rings (SSSR count). The Kier molecular flexibility index (Phi) is 10.6. The minimum Gasteiger partial charge on any atom is -0.507 e. The number of carbonyl (C=O) groups excluding carboxylic acids is 1. The van der Waals surface area contributed by atoms with Gasteiger partial charge in [-0.1, -0.05) is 18.2 Å². The van der Waals surface area contributed by atoms with Crippen molar-refractivity contribution in [1.29, 1.82) is 0 Å². The van der Waals surface area contributed by atoms with E-state index in [1.165, 1.54) is 18.2 Å². The molecule has 0 saturated carbocycles. The second kappa shape index (κ2) is 14.0. The molecule has 16 nitrogen and oxygen atoms in total. The molecule has 238 valence electrons. The molecule has 2 aromatic rings. The van der Waals surface area contributed by atoms with Crippen LogP contribution in [0.4, 0.5) is 0 Å². The van der Waals surface area contributed by atoms with Crippen LogP contribution in [-0.2, 0) is 20.8 Å². The molecular formula is C27H34O16. The molecule has 0 aliphatic carbocycles. The SMILES string of the molecule is COc1c(O[C@@H]2O[C@H](CO)[C@H](O)[C@@H](O)[C@@H]2O)ccc(O)c1C(=O)OCc1ccccc1O[C@@H]1O[C@H](CO)[C@@H](O)[C@H](O)[C@H]1O. The van der Waals surface area contributed by atoms with Crippen LogP contribution in [-0.4, -0.2) is 134 Å². The largest absolute Gasteiger partial charge is 0.507 e. The van der Waals surface area contributed by atoms with Gasteiger partial charge >= 0.3 is 5.97 Å². The normalized spacial score (nSPS) is 32.6. The summed E-state index contributed by atoms with van der Waals surface area (Å²) >= 11 is 0. The average Bonchev–Trinajstić information content (AvgIpc) is 3.01. The number of aliphatic hydroxyl groups excluding tert-OH is 8. The van der Waals surface area contributed by atoms with E-state index in [-0.39, 0.29) is 22.8 Å². The molecule has 2 heterocycles. The summed E-state index contributed by atoms with van der Waals surface area (Å²) in [5, 5.41) is 90.0. The highest BCUT2D eigenvalue weighted by molar-refractivity contribution is 5.96. The van der Waals surface area contributed by atoms with Crippen molar-refractivity contribution in [2.24, 2.45) is 0 Å². The number of hydrogen-bond donors (Lipinski definition) is 9. The maximum Gasteiger partial charge on any atom is 0.346 e. The Bertz CT molecular complexity index is 1240. The Morgan fingerprint density at radius 1 is 0.744 bits per heavy atom. The lowest BCUT2D eigenvalue weighted by molar-refractivity contribution is -0.277. The molecule has 2 aliphatic heterocycles. The van der Waals surface area contributed by atoms with Gasteiger partial charge < -0.3 is 74.4 Å². The van der Waals surface area contributed by atoms with Crippen LogP contribution < -0.4 is 14.2 Å². The monoisotopic (exact) mass is 614 g/mol. The van der Waals surface area contributed by atoms with Crippen molar-refractivity contribution in [2.45, 2.75) is 68.0 Å². The van der Waals surface area contributed by atoms with Crippen LogP contribution in [0.15, 0.2) is 36.4 Å². The van der Waals surface area contributed by atoms with Crippen LogP contribution in [0.2, 0.25) is 0 Å². The molecular weight excluding hydrogens is 580 g/mol. The summed E-state index contributed by atoms with van der Waals surface area (Å²) < 4.78 is 32.6. The minimum absolute atomic E-state index is 0.0653. The van der Waals surface area contributed by atoms with Gasteiger partial charge in [0.05, 0.1) is 20.3 Å². The second-order valence-electron chi connectivity index (χ2n) is 9.81. The van der Waals surface area contributed by atoms with Crippen LogP contribution in [0.5, 0.6) is 23.0 Å². The third-order valence-corrected chi connectivity index (χ3v) is 7.02. The van der Waals surface area contributed by atoms with Gasteiger partial charge in [0.25, 0.3) is 0 Å². The van der Waals surface area contributed by atoms with Gasteiger partial charge in [0, 0.05) is 5.56 Å². The van der Waals surface area contributed by atoms with Crippen LogP contribution >= 0.6 is 0 Å². The number of hydrogen-bond acceptors (Lipinski definition) is 16. The summed E-state index contributed by atoms with van der Waals surface area (Å²) in [7, 11) is 1.16. The summed E-state index contributed by atoms with van der Waals surface area (Å²) in [6.45, 7) is -1.79. The van der Waals surface area contributed by atoms with E-state index >= 15 is 0 Å². The van der Waals surface area contributed by atoms with Gasteiger partial charge in [-0.3, -0.25) is 0 Å². The van der Waals surface area contributed by atoms with Crippen molar-refractivity contribution in [3.63, 3.8) is 0 Å². The average molecular weight is 615 g/mol. The zero-order chi connectivity index (χ0) is 31.4. The van der Waals surface area contributed by atoms with Gasteiger partial charge in [0.15, 0.2) is 11.5 Å². The van der Waals surface area contributed by atoms with Crippen LogP contribution in [0.3, 0.4) is 0 Å². The van der Waals surface area contributed by atoms with Gasteiger partial charge in [-0.25, -0.2) is 4.79 Å². The van der Waals surface area contributed by atoms with Crippen LogP contribution in [0.1, 0.15) is 15.9 Å². The maximum atomic E-state index is 13.1. The maximum absolute atomic E-state index is 13.1. The highest BCUT2D eigenvalue weighted by Gasteiger charge is 2.46. The topological polar surface area (TPSA) is 255 Å². The Morgan fingerprint density at radius 2 is 1.28 bits per heavy atom. The highest BCUT2D eigenvalue weighted by atomic mass is 16.7. The first kappa shape index (κ1) is 32.6. The smallest absolute Gasteiger partial charge is 0.346 e. The van der Waals surface area contributed by atoms with E-state index in [1.54, 1.807) is 12.1 Å². The minimum atomic E-state index is -1.76. The van der Waals surface area contributed by atoms with E-state index in [4.69, 9.17) is 28.4 Å². The number of rotatable bonds is 10. The molecule has 0 aromatic heterocycles. The standard InChI is InChI=1S/C27H34O16/c1-38-24-14(41-27-23(36)21(34)19(32)16(9-29)43-27)7-6-12(30)17(24)25(37)39-10-11-4-2-3-5-13(11)40-26-22(35)20(33)18(31)15(8-28)42-26/h2-7,15-16,18-23,26-36H,8-10H2,1H3/t15-,16-,18-,19+,20+,21-,22-,23+,26-,27-/m1/s1. The Balaban J connectivity index is 1.50. The predicted octanol–water partition coefficient (Wildman–Crippen LogP) is -2.88. The number of methoxy groups -OCH3 is 1. The van der Waals surface area contributed by atoms with E-state index < -0.39 is 98.5 Å². The van der Waals surface area contributed by atoms with Gasteiger partial charge in [-0.05, 0) is 18.2 Å². The first-order valence-electron chi connectivity index (χ1n) is 13.1. The van der Waals surface area contributed by atoms with Crippen molar-refractivity contribution < 1.29 is 79.2 Å². The number of carbonyl (C=O) groups is 1. The fourth-order valence-electron chi connectivity index (χ4n) is 4.58. The molecule has 0 amide bonds. The van der Waals surface area contributed by atoms with Gasteiger partial charge in [-0.15, -0.1) is 0 Å². The summed E-state index contributed by atoms with van der Waals surface area (Å²) in [6, 6.07) is 8.40. The molecule has 2 aliphatic rings. The van der Waals surface area contributed by atoms with Crippen molar-refractivity contribution >= 4 is 5.97 Å². The van der Waals surface area contributed by atoms with Gasteiger partial charge in [0.1, 0.15) is 72.5 Å². The van der Waals surface area contributed by atoms with Crippen molar-refractivity contribution in [2.75, 3.05) is 20.3 Å². The fraction of sp³-hybridized carbons (Fsp3) is 0.519. The van der Waals surface area contributed by atoms with Crippen molar-refractivity contribution in [1.82, 2.24) is 0 Å². The van der Waals surface area contributed by atoms with E-state index in [0.29, 0.717) is 0 Å². The number of ether oxygens (including phenoxy) is 6. The number of benzene rings is 2. The van der Waals surface area contributed by atoms with E-state index in [9.17, 15) is 50.8 Å². The summed E-state index contributed by atoms with van der Waals surface area (Å²) in [6.07, 6.45) is -15.6.